The number of hydrazone groups is 1. The lowest BCUT2D eigenvalue weighted by Gasteiger charge is -2.13. The minimum absolute atomic E-state index is 0.0809. The number of hydrogen-bond donors (Lipinski definition) is 2. The van der Waals surface area contributed by atoms with Crippen LogP contribution in [0.3, 0.4) is 0 Å². The van der Waals surface area contributed by atoms with Crippen molar-refractivity contribution in [1.82, 2.24) is 5.43 Å². The van der Waals surface area contributed by atoms with Crippen molar-refractivity contribution < 1.29 is 13.9 Å². The fourth-order valence-corrected chi connectivity index (χ4v) is 2.23. The van der Waals surface area contributed by atoms with Crippen LogP contribution in [0.2, 0.25) is 5.02 Å². The Morgan fingerprint density at radius 3 is 2.76 bits per heavy atom. The summed E-state index contributed by atoms with van der Waals surface area (Å²) in [5, 5.41) is 4.29. The Hall–Kier alpha value is -2.38. The fraction of sp³-hybridized carbons (Fsp3) is 0.176. The number of rotatable bonds is 7. The van der Waals surface area contributed by atoms with Crippen LogP contribution in [-0.2, 0) is 6.61 Å². The van der Waals surface area contributed by atoms with Gasteiger partial charge in [0.25, 0.3) is 0 Å². The lowest BCUT2D eigenvalue weighted by molar-refractivity contribution is 0.269. The van der Waals surface area contributed by atoms with Crippen molar-refractivity contribution in [3.63, 3.8) is 0 Å². The second-order valence-corrected chi connectivity index (χ2v) is 5.74. The molecule has 132 valence electrons. The molecular formula is C17H17ClFN3O2S. The maximum Gasteiger partial charge on any atom is 0.184 e. The lowest BCUT2D eigenvalue weighted by Crippen LogP contribution is -2.23. The van der Waals surface area contributed by atoms with Crippen LogP contribution in [0.1, 0.15) is 18.1 Å². The third kappa shape index (κ3) is 5.88. The minimum Gasteiger partial charge on any atom is -0.490 e. The van der Waals surface area contributed by atoms with Gasteiger partial charge in [-0.05, 0) is 55.0 Å². The number of halogens is 2. The van der Waals surface area contributed by atoms with Gasteiger partial charge < -0.3 is 15.2 Å². The molecule has 0 aliphatic carbocycles. The maximum absolute atomic E-state index is 13.1. The quantitative estimate of drug-likeness (QED) is 0.435. The molecule has 0 saturated carbocycles. The Bertz CT molecular complexity index is 786. The molecule has 0 fully saturated rings. The van der Waals surface area contributed by atoms with E-state index in [0.29, 0.717) is 28.7 Å². The number of benzene rings is 2. The highest BCUT2D eigenvalue weighted by molar-refractivity contribution is 7.80. The highest BCUT2D eigenvalue weighted by Crippen LogP contribution is 2.29. The van der Waals surface area contributed by atoms with Crippen LogP contribution < -0.4 is 20.6 Å². The summed E-state index contributed by atoms with van der Waals surface area (Å²) in [5.41, 5.74) is 9.24. The van der Waals surface area contributed by atoms with E-state index >= 15 is 0 Å². The minimum atomic E-state index is -0.391. The lowest BCUT2D eigenvalue weighted by atomic mass is 10.2. The molecule has 2 rings (SSSR count). The molecule has 0 aliphatic rings. The molecule has 0 radical (unpaired) electrons. The Morgan fingerprint density at radius 1 is 1.28 bits per heavy atom. The van der Waals surface area contributed by atoms with Gasteiger partial charge in [0.15, 0.2) is 16.6 Å². The predicted octanol–water partition coefficient (Wildman–Crippen LogP) is 3.62. The Kier molecular flexibility index (Phi) is 6.97. The van der Waals surface area contributed by atoms with Gasteiger partial charge in [0.1, 0.15) is 12.4 Å². The summed E-state index contributed by atoms with van der Waals surface area (Å²) in [6.45, 7) is 2.53. The molecule has 0 aliphatic heterocycles. The number of nitrogens with one attached hydrogen (secondary N) is 1. The normalized spacial score (nSPS) is 10.7. The second kappa shape index (κ2) is 9.19. The van der Waals surface area contributed by atoms with Gasteiger partial charge in [-0.25, -0.2) is 4.39 Å². The molecule has 0 saturated heterocycles. The van der Waals surface area contributed by atoms with Crippen LogP contribution in [0.15, 0.2) is 41.5 Å². The summed E-state index contributed by atoms with van der Waals surface area (Å²) in [7, 11) is 0. The zero-order chi connectivity index (χ0) is 18.2. The number of nitrogens with zero attached hydrogens (tertiary/aromatic N) is 1. The summed E-state index contributed by atoms with van der Waals surface area (Å²) in [6, 6.07) is 9.50. The molecule has 0 amide bonds. The van der Waals surface area contributed by atoms with E-state index in [1.54, 1.807) is 30.5 Å². The zero-order valence-electron chi connectivity index (χ0n) is 13.5. The average molecular weight is 382 g/mol. The standard InChI is InChI=1S/C17H17ClFN3O2S/c1-2-23-16-7-11(9-21-22-17(20)25)3-6-15(16)24-10-12-4-5-13(19)8-14(12)18/h3-9H,2,10H2,1H3,(H3,20,22,25). The topological polar surface area (TPSA) is 68.9 Å². The third-order valence-electron chi connectivity index (χ3n) is 3.05. The summed E-state index contributed by atoms with van der Waals surface area (Å²) in [4.78, 5) is 0. The van der Waals surface area contributed by atoms with E-state index in [4.69, 9.17) is 26.8 Å². The first-order valence-corrected chi connectivity index (χ1v) is 8.20. The molecule has 2 aromatic carbocycles. The van der Waals surface area contributed by atoms with Crippen molar-refractivity contribution in [3.05, 3.63) is 58.4 Å². The van der Waals surface area contributed by atoms with Crippen LogP contribution in [0.5, 0.6) is 11.5 Å². The van der Waals surface area contributed by atoms with Crippen molar-refractivity contribution in [2.75, 3.05) is 6.61 Å². The van der Waals surface area contributed by atoms with Crippen LogP contribution in [-0.4, -0.2) is 17.9 Å². The molecule has 5 nitrogen and oxygen atoms in total. The molecule has 3 N–H and O–H groups in total. The molecule has 8 heteroatoms. The van der Waals surface area contributed by atoms with Gasteiger partial charge in [0.2, 0.25) is 0 Å². The van der Waals surface area contributed by atoms with Gasteiger partial charge in [0.05, 0.1) is 17.8 Å². The smallest absolute Gasteiger partial charge is 0.184 e. The first-order valence-electron chi connectivity index (χ1n) is 7.41. The maximum atomic E-state index is 13.1. The summed E-state index contributed by atoms with van der Waals surface area (Å²) in [6.07, 6.45) is 1.56. The van der Waals surface area contributed by atoms with Crippen LogP contribution in [0.25, 0.3) is 0 Å². The van der Waals surface area contributed by atoms with Crippen molar-refractivity contribution in [1.29, 1.82) is 0 Å². The summed E-state index contributed by atoms with van der Waals surface area (Å²) in [5.74, 6) is 0.708. The molecule has 0 spiro atoms. The van der Waals surface area contributed by atoms with E-state index in [2.05, 4.69) is 22.7 Å². The van der Waals surface area contributed by atoms with Crippen LogP contribution in [0, 0.1) is 5.82 Å². The molecule has 0 atom stereocenters. The van der Waals surface area contributed by atoms with E-state index in [1.807, 2.05) is 6.92 Å². The highest BCUT2D eigenvalue weighted by Gasteiger charge is 2.08. The average Bonchev–Trinajstić information content (AvgIpc) is 2.55. The molecule has 0 aromatic heterocycles. The Labute approximate surface area is 155 Å². The fourth-order valence-electron chi connectivity index (χ4n) is 1.96. The third-order valence-corrected chi connectivity index (χ3v) is 3.50. The monoisotopic (exact) mass is 381 g/mol. The number of thiocarbonyl (C=S) groups is 1. The summed E-state index contributed by atoms with van der Waals surface area (Å²) >= 11 is 10.7. The van der Waals surface area contributed by atoms with E-state index in [1.165, 1.54) is 12.1 Å². The Morgan fingerprint density at radius 2 is 2.08 bits per heavy atom. The van der Waals surface area contributed by atoms with Crippen LogP contribution in [0.4, 0.5) is 4.39 Å². The Balaban J connectivity index is 2.13. The van der Waals surface area contributed by atoms with Gasteiger partial charge in [-0.2, -0.15) is 5.10 Å². The number of hydrogen-bond acceptors (Lipinski definition) is 4. The first-order chi connectivity index (χ1) is 12.0. The molecule has 0 bridgehead atoms. The largest absolute Gasteiger partial charge is 0.490 e. The molecule has 0 unspecified atom stereocenters. The van der Waals surface area contributed by atoms with Crippen molar-refractivity contribution >= 4 is 35.1 Å². The van der Waals surface area contributed by atoms with E-state index in [-0.39, 0.29) is 11.7 Å². The van der Waals surface area contributed by atoms with Gasteiger partial charge in [-0.1, -0.05) is 17.7 Å². The van der Waals surface area contributed by atoms with Crippen molar-refractivity contribution in [3.8, 4) is 11.5 Å². The summed E-state index contributed by atoms with van der Waals surface area (Å²) < 4.78 is 24.4. The van der Waals surface area contributed by atoms with Gasteiger partial charge in [0, 0.05) is 5.56 Å². The van der Waals surface area contributed by atoms with Crippen molar-refractivity contribution in [2.45, 2.75) is 13.5 Å². The predicted molar refractivity (Wildman–Crippen MR) is 101 cm³/mol. The van der Waals surface area contributed by atoms with E-state index < -0.39 is 5.82 Å². The zero-order valence-corrected chi connectivity index (χ0v) is 15.0. The first kappa shape index (κ1) is 19.0. The van der Waals surface area contributed by atoms with Gasteiger partial charge in [-0.3, -0.25) is 5.43 Å². The molecular weight excluding hydrogens is 365 g/mol. The second-order valence-electron chi connectivity index (χ2n) is 4.90. The number of nitrogens with two attached hydrogens (primary N) is 1. The van der Waals surface area contributed by atoms with Gasteiger partial charge in [-0.15, -0.1) is 0 Å². The highest BCUT2D eigenvalue weighted by atomic mass is 35.5. The van der Waals surface area contributed by atoms with Crippen LogP contribution >= 0.6 is 23.8 Å². The molecule has 2 aromatic rings. The van der Waals surface area contributed by atoms with E-state index in [9.17, 15) is 4.39 Å². The SMILES string of the molecule is CCOc1cc(C=NNC(N)=S)ccc1OCc1ccc(F)cc1Cl. The van der Waals surface area contributed by atoms with Crippen molar-refractivity contribution in [2.24, 2.45) is 10.8 Å². The number of ether oxygens (including phenoxy) is 2. The van der Waals surface area contributed by atoms with E-state index in [0.717, 1.165) is 5.56 Å². The molecule has 25 heavy (non-hydrogen) atoms. The molecule has 0 heterocycles. The van der Waals surface area contributed by atoms with Gasteiger partial charge >= 0.3 is 0 Å².